The summed E-state index contributed by atoms with van der Waals surface area (Å²) in [6.07, 6.45) is 1.83. The lowest BCUT2D eigenvalue weighted by Gasteiger charge is -2.30. The van der Waals surface area contributed by atoms with E-state index in [9.17, 15) is 4.79 Å². The van der Waals surface area contributed by atoms with Crippen LogP contribution >= 0.6 is 0 Å². The molecule has 2 aromatic carbocycles. The number of hydrogen-bond acceptors (Lipinski definition) is 4. The van der Waals surface area contributed by atoms with Crippen molar-refractivity contribution in [3.05, 3.63) is 59.2 Å². The molecular formula is C22H23N2O3+. The molecule has 1 aliphatic heterocycles. The normalized spacial score (nSPS) is 20.7. The molecule has 0 unspecified atom stereocenters. The Hall–Kier alpha value is -2.95. The monoisotopic (exact) mass is 363 g/mol. The van der Waals surface area contributed by atoms with Crippen LogP contribution in [-0.4, -0.2) is 36.2 Å². The van der Waals surface area contributed by atoms with E-state index in [4.69, 9.17) is 14.6 Å². The van der Waals surface area contributed by atoms with Crippen molar-refractivity contribution in [2.24, 2.45) is 10.5 Å². The predicted octanol–water partition coefficient (Wildman–Crippen LogP) is 3.42. The van der Waals surface area contributed by atoms with Gasteiger partial charge in [0.25, 0.3) is 0 Å². The molecule has 5 heteroatoms. The van der Waals surface area contributed by atoms with Crippen LogP contribution in [0.5, 0.6) is 11.5 Å². The fraction of sp³-hybridized carbons (Fsp3) is 0.318. The average molecular weight is 363 g/mol. The molecule has 0 radical (unpaired) electrons. The fourth-order valence-corrected chi connectivity index (χ4v) is 4.12. The summed E-state index contributed by atoms with van der Waals surface area (Å²) < 4.78 is 12.3. The van der Waals surface area contributed by atoms with E-state index >= 15 is 0 Å². The third kappa shape index (κ3) is 2.65. The van der Waals surface area contributed by atoms with Gasteiger partial charge in [-0.2, -0.15) is 0 Å². The zero-order chi connectivity index (χ0) is 19.2. The number of nitrogens with zero attached hydrogens (tertiary/aromatic N) is 2. The van der Waals surface area contributed by atoms with Gasteiger partial charge in [-0.25, -0.2) is 4.79 Å². The fourth-order valence-electron chi connectivity index (χ4n) is 4.12. The topological polar surface area (TPSA) is 50.9 Å². The zero-order valence-electron chi connectivity index (χ0n) is 16.1. The lowest BCUT2D eigenvalue weighted by atomic mass is 9.67. The molecule has 138 valence electrons. The third-order valence-corrected chi connectivity index (χ3v) is 5.59. The van der Waals surface area contributed by atoms with Gasteiger partial charge < -0.3 is 9.47 Å². The number of carbonyl (C=O) groups is 1. The highest BCUT2D eigenvalue weighted by Gasteiger charge is 2.53. The van der Waals surface area contributed by atoms with E-state index in [-0.39, 0.29) is 11.3 Å². The number of aryl methyl sites for hydroxylation is 1. The maximum absolute atomic E-state index is 12.4. The van der Waals surface area contributed by atoms with Crippen molar-refractivity contribution in [3.8, 4) is 11.5 Å². The minimum absolute atomic E-state index is 0.0895. The minimum Gasteiger partial charge on any atom is -0.497 e. The van der Waals surface area contributed by atoms with E-state index in [1.165, 1.54) is 5.56 Å². The van der Waals surface area contributed by atoms with E-state index < -0.39 is 0 Å². The molecule has 0 fully saturated rings. The quantitative estimate of drug-likeness (QED) is 0.785. The molecule has 0 N–H and O–H groups in total. The Kier molecular flexibility index (Phi) is 4.10. The second-order valence-corrected chi connectivity index (χ2v) is 7.21. The van der Waals surface area contributed by atoms with Gasteiger partial charge in [-0.1, -0.05) is 6.07 Å². The van der Waals surface area contributed by atoms with Gasteiger partial charge in [0, 0.05) is 16.2 Å². The van der Waals surface area contributed by atoms with Crippen LogP contribution in [0.3, 0.4) is 0 Å². The summed E-state index contributed by atoms with van der Waals surface area (Å²) in [4.78, 5) is 12.4. The lowest BCUT2D eigenvalue weighted by Crippen LogP contribution is -2.40. The molecule has 0 saturated carbocycles. The van der Waals surface area contributed by atoms with E-state index in [0.717, 1.165) is 46.9 Å². The number of carbonyl (C=O) groups excluding carboxylic acids is 1. The Bertz CT molecular complexity index is 989. The molecule has 1 atom stereocenters. The van der Waals surface area contributed by atoms with Gasteiger partial charge in [-0.15, -0.1) is 0 Å². The van der Waals surface area contributed by atoms with Gasteiger partial charge >= 0.3 is 5.91 Å². The molecule has 2 aliphatic rings. The highest BCUT2D eigenvalue weighted by atomic mass is 16.5. The van der Waals surface area contributed by atoms with Gasteiger partial charge in [0.2, 0.25) is 5.71 Å². The number of amides is 1. The summed E-state index contributed by atoms with van der Waals surface area (Å²) in [6, 6.07) is 13.9. The van der Waals surface area contributed by atoms with E-state index in [1.54, 1.807) is 25.8 Å². The molecule has 4 rings (SSSR count). The van der Waals surface area contributed by atoms with Gasteiger partial charge in [0.05, 0.1) is 21.1 Å². The molecule has 1 heterocycles. The number of hydrazone groups is 1. The lowest BCUT2D eigenvalue weighted by molar-refractivity contribution is -0.449. The molecule has 0 aromatic heterocycles. The van der Waals surface area contributed by atoms with Crippen LogP contribution < -0.4 is 9.47 Å². The molecule has 1 amide bonds. The zero-order valence-corrected chi connectivity index (χ0v) is 16.1. The average Bonchev–Trinajstić information content (AvgIpc) is 3.01. The van der Waals surface area contributed by atoms with Gasteiger partial charge in [0.1, 0.15) is 22.6 Å². The number of benzene rings is 2. The van der Waals surface area contributed by atoms with Crippen molar-refractivity contribution in [1.82, 2.24) is 0 Å². The highest BCUT2D eigenvalue weighted by molar-refractivity contribution is 6.25. The molecule has 5 nitrogen and oxygen atoms in total. The van der Waals surface area contributed by atoms with Crippen molar-refractivity contribution in [2.45, 2.75) is 26.7 Å². The standard InChI is InChI=1S/C22H23N2O3/c1-14(25)24-21(16-6-8-17(26-3)9-7-16)22(2)12-11-15-5-10-18(27-4)13-19(15)20(22)23-24/h5-10,13H,11-12H2,1-4H3/q+1/t22-/m0/s1. The number of hydrogen-bond donors (Lipinski definition) is 0. The van der Waals surface area contributed by atoms with Crippen molar-refractivity contribution >= 4 is 17.3 Å². The Morgan fingerprint density at radius 1 is 1.07 bits per heavy atom. The van der Waals surface area contributed by atoms with Gasteiger partial charge in [-0.05, 0) is 66.4 Å². The van der Waals surface area contributed by atoms with Crippen molar-refractivity contribution < 1.29 is 19.0 Å². The van der Waals surface area contributed by atoms with Crippen LogP contribution in [0.15, 0.2) is 47.6 Å². The van der Waals surface area contributed by atoms with Crippen molar-refractivity contribution in [1.29, 1.82) is 0 Å². The van der Waals surface area contributed by atoms with Gasteiger partial charge in [0.15, 0.2) is 0 Å². The van der Waals surface area contributed by atoms with Crippen LogP contribution in [0.4, 0.5) is 0 Å². The second-order valence-electron chi connectivity index (χ2n) is 7.21. The molecule has 0 saturated heterocycles. The molecular weight excluding hydrogens is 340 g/mol. The van der Waals surface area contributed by atoms with Crippen LogP contribution in [0.25, 0.3) is 0 Å². The Morgan fingerprint density at radius 2 is 1.74 bits per heavy atom. The Balaban J connectivity index is 1.88. The van der Waals surface area contributed by atoms with Crippen molar-refractivity contribution in [2.75, 3.05) is 14.2 Å². The summed E-state index contributed by atoms with van der Waals surface area (Å²) in [6.45, 7) is 3.73. The van der Waals surface area contributed by atoms with Crippen molar-refractivity contribution in [3.63, 3.8) is 0 Å². The molecule has 0 bridgehead atoms. The summed E-state index contributed by atoms with van der Waals surface area (Å²) in [5.41, 5.74) is 4.83. The Labute approximate surface area is 158 Å². The first kappa shape index (κ1) is 17.5. The van der Waals surface area contributed by atoms with E-state index in [1.807, 2.05) is 36.4 Å². The highest BCUT2D eigenvalue weighted by Crippen LogP contribution is 2.43. The maximum Gasteiger partial charge on any atom is 0.414 e. The third-order valence-electron chi connectivity index (χ3n) is 5.59. The maximum atomic E-state index is 12.4. The van der Waals surface area contributed by atoms with Crippen LogP contribution in [0.2, 0.25) is 0 Å². The summed E-state index contributed by atoms with van der Waals surface area (Å²) in [5.74, 6) is 1.50. The summed E-state index contributed by atoms with van der Waals surface area (Å²) in [5, 5.41) is 4.78. The summed E-state index contributed by atoms with van der Waals surface area (Å²) in [7, 11) is 3.31. The number of rotatable bonds is 3. The first-order valence-corrected chi connectivity index (χ1v) is 9.07. The number of methoxy groups -OCH3 is 2. The van der Waals surface area contributed by atoms with Crippen LogP contribution in [-0.2, 0) is 11.2 Å². The van der Waals surface area contributed by atoms with E-state index in [2.05, 4.69) is 13.0 Å². The SMILES string of the molecule is COc1ccc(C2=[N+](C(C)=O)N=C3c4cc(OC)ccc4CC[C@@]32C)cc1. The molecule has 2 aromatic rings. The van der Waals surface area contributed by atoms with Crippen LogP contribution in [0, 0.1) is 5.41 Å². The number of fused-ring (bicyclic) bond motifs is 3. The van der Waals surface area contributed by atoms with E-state index in [0.29, 0.717) is 0 Å². The minimum atomic E-state index is -0.334. The van der Waals surface area contributed by atoms with Crippen LogP contribution in [0.1, 0.15) is 37.0 Å². The van der Waals surface area contributed by atoms with Gasteiger partial charge in [-0.3, -0.25) is 0 Å². The predicted molar refractivity (Wildman–Crippen MR) is 104 cm³/mol. The molecule has 0 spiro atoms. The first-order chi connectivity index (χ1) is 13.0. The second kappa shape index (κ2) is 6.34. The Morgan fingerprint density at radius 3 is 2.37 bits per heavy atom. The molecule has 27 heavy (non-hydrogen) atoms. The summed E-state index contributed by atoms with van der Waals surface area (Å²) >= 11 is 0. The smallest absolute Gasteiger partial charge is 0.414 e. The first-order valence-electron chi connectivity index (χ1n) is 9.07. The molecule has 1 aliphatic carbocycles. The largest absolute Gasteiger partial charge is 0.497 e. The number of ether oxygens (including phenoxy) is 2.